The largest absolute Gasteiger partial charge is 0.321 e. The average molecular weight is 430 g/mol. The van der Waals surface area contributed by atoms with E-state index < -0.39 is 15.8 Å². The standard InChI is InChI=1S/C19H12ClN3O5S/c20-13-7-10-18(16(11-13)23(27)28)29-17-4-2-1-3-15(17)21-19(24)12-5-8-14(9-6-12)22(25)26/h1-11H,(H,21,24). The fraction of sp³-hybridized carbons (Fsp3) is 0. The van der Waals surface area contributed by atoms with Crippen LogP contribution in [0.1, 0.15) is 10.4 Å². The zero-order valence-electron chi connectivity index (χ0n) is 14.6. The van der Waals surface area contributed by atoms with E-state index in [1.165, 1.54) is 30.3 Å². The van der Waals surface area contributed by atoms with Crippen molar-refractivity contribution in [2.24, 2.45) is 0 Å². The van der Waals surface area contributed by atoms with E-state index in [9.17, 15) is 25.0 Å². The van der Waals surface area contributed by atoms with Gasteiger partial charge in [0.05, 0.1) is 20.4 Å². The number of halogens is 1. The monoisotopic (exact) mass is 429 g/mol. The molecule has 0 spiro atoms. The summed E-state index contributed by atoms with van der Waals surface area (Å²) in [5.41, 5.74) is 0.435. The van der Waals surface area contributed by atoms with Gasteiger partial charge >= 0.3 is 0 Å². The lowest BCUT2D eigenvalue weighted by Gasteiger charge is -2.11. The molecule has 0 saturated carbocycles. The Balaban J connectivity index is 1.85. The van der Waals surface area contributed by atoms with Gasteiger partial charge in [-0.2, -0.15) is 0 Å². The SMILES string of the molecule is O=C(Nc1ccccc1Sc1ccc(Cl)cc1[N+](=O)[O-])c1ccc([N+](=O)[O-])cc1. The molecule has 0 aliphatic heterocycles. The zero-order chi connectivity index (χ0) is 21.0. The molecule has 0 fully saturated rings. The van der Waals surface area contributed by atoms with E-state index in [0.29, 0.717) is 15.5 Å². The molecule has 3 aromatic carbocycles. The third-order valence-corrected chi connectivity index (χ3v) is 5.19. The molecule has 29 heavy (non-hydrogen) atoms. The number of benzene rings is 3. The normalized spacial score (nSPS) is 10.4. The summed E-state index contributed by atoms with van der Waals surface area (Å²) in [5, 5.41) is 25.0. The van der Waals surface area contributed by atoms with Crippen molar-refractivity contribution in [1.82, 2.24) is 0 Å². The highest BCUT2D eigenvalue weighted by Gasteiger charge is 2.18. The van der Waals surface area contributed by atoms with Crippen LogP contribution in [0.2, 0.25) is 5.02 Å². The van der Waals surface area contributed by atoms with Crippen molar-refractivity contribution in [1.29, 1.82) is 0 Å². The molecule has 146 valence electrons. The molecule has 1 amide bonds. The molecular formula is C19H12ClN3O5S. The van der Waals surface area contributed by atoms with E-state index in [1.54, 1.807) is 36.4 Å². The Kier molecular flexibility index (Phi) is 6.10. The van der Waals surface area contributed by atoms with Crippen LogP contribution in [0, 0.1) is 20.2 Å². The van der Waals surface area contributed by atoms with Crippen molar-refractivity contribution >= 4 is 46.3 Å². The van der Waals surface area contributed by atoms with Gasteiger partial charge in [0.1, 0.15) is 0 Å². The molecule has 0 radical (unpaired) electrons. The van der Waals surface area contributed by atoms with Crippen molar-refractivity contribution in [2.45, 2.75) is 9.79 Å². The Labute approximate surface area is 173 Å². The van der Waals surface area contributed by atoms with E-state index in [-0.39, 0.29) is 22.0 Å². The quantitative estimate of drug-likeness (QED) is 0.405. The van der Waals surface area contributed by atoms with Crippen molar-refractivity contribution in [3.8, 4) is 0 Å². The Morgan fingerprint density at radius 1 is 0.897 bits per heavy atom. The van der Waals surface area contributed by atoms with Gasteiger partial charge in [0.2, 0.25) is 0 Å². The second-order valence-corrected chi connectivity index (χ2v) is 7.25. The lowest BCUT2D eigenvalue weighted by molar-refractivity contribution is -0.387. The number of hydrogen-bond acceptors (Lipinski definition) is 6. The van der Waals surface area contributed by atoms with Crippen LogP contribution in [0.15, 0.2) is 76.5 Å². The molecule has 3 rings (SSSR count). The van der Waals surface area contributed by atoms with Crippen LogP contribution in [0.25, 0.3) is 0 Å². The van der Waals surface area contributed by atoms with E-state index in [0.717, 1.165) is 11.8 Å². The molecule has 0 saturated heterocycles. The summed E-state index contributed by atoms with van der Waals surface area (Å²) < 4.78 is 0. The van der Waals surface area contributed by atoms with Crippen LogP contribution < -0.4 is 5.32 Å². The Morgan fingerprint density at radius 2 is 1.59 bits per heavy atom. The summed E-state index contributed by atoms with van der Waals surface area (Å²) in [4.78, 5) is 34.4. The molecule has 0 unspecified atom stereocenters. The molecule has 3 aromatic rings. The van der Waals surface area contributed by atoms with Gasteiger partial charge < -0.3 is 5.32 Å². The number of nitrogens with zero attached hydrogens (tertiary/aromatic N) is 2. The maximum absolute atomic E-state index is 12.5. The Hall–Kier alpha value is -3.43. The number of anilines is 1. The third kappa shape index (κ3) is 4.89. The number of nitro benzene ring substituents is 2. The van der Waals surface area contributed by atoms with Crippen molar-refractivity contribution < 1.29 is 14.6 Å². The number of rotatable bonds is 6. The van der Waals surface area contributed by atoms with Crippen molar-refractivity contribution in [2.75, 3.05) is 5.32 Å². The van der Waals surface area contributed by atoms with Crippen LogP contribution >= 0.6 is 23.4 Å². The Bertz CT molecular complexity index is 1110. The fourth-order valence-corrected chi connectivity index (χ4v) is 3.58. The van der Waals surface area contributed by atoms with E-state index in [4.69, 9.17) is 11.6 Å². The maximum atomic E-state index is 12.5. The van der Waals surface area contributed by atoms with Gasteiger partial charge in [-0.05, 0) is 36.4 Å². The minimum absolute atomic E-state index is 0.118. The highest BCUT2D eigenvalue weighted by molar-refractivity contribution is 7.99. The lowest BCUT2D eigenvalue weighted by Crippen LogP contribution is -2.12. The van der Waals surface area contributed by atoms with E-state index in [1.807, 2.05) is 0 Å². The summed E-state index contributed by atoms with van der Waals surface area (Å²) in [6.45, 7) is 0. The van der Waals surface area contributed by atoms with Crippen LogP contribution in [-0.2, 0) is 0 Å². The minimum Gasteiger partial charge on any atom is -0.321 e. The summed E-state index contributed by atoms with van der Waals surface area (Å²) in [5.74, 6) is -0.460. The summed E-state index contributed by atoms with van der Waals surface area (Å²) in [6.07, 6.45) is 0. The van der Waals surface area contributed by atoms with E-state index in [2.05, 4.69) is 5.32 Å². The number of carbonyl (C=O) groups excluding carboxylic acids is 1. The number of non-ortho nitro benzene ring substituents is 1. The topological polar surface area (TPSA) is 115 Å². The van der Waals surface area contributed by atoms with Crippen LogP contribution in [0.5, 0.6) is 0 Å². The minimum atomic E-state index is -0.549. The molecule has 0 heterocycles. The molecule has 0 aliphatic rings. The number of nitro groups is 2. The lowest BCUT2D eigenvalue weighted by atomic mass is 10.2. The molecule has 0 aliphatic carbocycles. The first-order valence-corrected chi connectivity index (χ1v) is 9.31. The summed E-state index contributed by atoms with van der Waals surface area (Å²) >= 11 is 6.97. The van der Waals surface area contributed by atoms with Crippen LogP contribution in [0.3, 0.4) is 0 Å². The van der Waals surface area contributed by atoms with Gasteiger partial charge in [-0.25, -0.2) is 0 Å². The Morgan fingerprint density at radius 3 is 2.24 bits per heavy atom. The van der Waals surface area contributed by atoms with Crippen LogP contribution in [-0.4, -0.2) is 15.8 Å². The number of carbonyl (C=O) groups is 1. The van der Waals surface area contributed by atoms with Gasteiger partial charge in [0.25, 0.3) is 17.3 Å². The third-order valence-electron chi connectivity index (χ3n) is 3.81. The second kappa shape index (κ2) is 8.72. The highest BCUT2D eigenvalue weighted by Crippen LogP contribution is 2.39. The number of amides is 1. The van der Waals surface area contributed by atoms with Crippen molar-refractivity contribution in [3.63, 3.8) is 0 Å². The van der Waals surface area contributed by atoms with Crippen molar-refractivity contribution in [3.05, 3.63) is 97.5 Å². The van der Waals surface area contributed by atoms with Crippen LogP contribution in [0.4, 0.5) is 17.1 Å². The zero-order valence-corrected chi connectivity index (χ0v) is 16.1. The summed E-state index contributed by atoms with van der Waals surface area (Å²) in [6, 6.07) is 16.4. The average Bonchev–Trinajstić information content (AvgIpc) is 2.70. The van der Waals surface area contributed by atoms with Gasteiger partial charge in [-0.15, -0.1) is 0 Å². The fourth-order valence-electron chi connectivity index (χ4n) is 2.43. The maximum Gasteiger partial charge on any atom is 0.284 e. The summed E-state index contributed by atoms with van der Waals surface area (Å²) in [7, 11) is 0. The molecule has 0 aromatic heterocycles. The van der Waals surface area contributed by atoms with Gasteiger partial charge in [0, 0.05) is 33.7 Å². The van der Waals surface area contributed by atoms with Gasteiger partial charge in [0.15, 0.2) is 0 Å². The number of hydrogen-bond donors (Lipinski definition) is 1. The number of nitrogens with one attached hydrogen (secondary N) is 1. The molecule has 10 heteroatoms. The predicted octanol–water partition coefficient (Wildman–Crippen LogP) is 5.56. The van der Waals surface area contributed by atoms with Gasteiger partial charge in [-0.1, -0.05) is 35.5 Å². The molecule has 8 nitrogen and oxygen atoms in total. The molecular weight excluding hydrogens is 418 g/mol. The first-order chi connectivity index (χ1) is 13.8. The first kappa shape index (κ1) is 20.3. The first-order valence-electron chi connectivity index (χ1n) is 8.12. The smallest absolute Gasteiger partial charge is 0.284 e. The molecule has 0 atom stereocenters. The highest BCUT2D eigenvalue weighted by atomic mass is 35.5. The number of para-hydroxylation sites is 1. The predicted molar refractivity (Wildman–Crippen MR) is 110 cm³/mol. The van der Waals surface area contributed by atoms with Gasteiger partial charge in [-0.3, -0.25) is 25.0 Å². The van der Waals surface area contributed by atoms with E-state index >= 15 is 0 Å². The molecule has 0 bridgehead atoms. The molecule has 1 N–H and O–H groups in total. The second-order valence-electron chi connectivity index (χ2n) is 5.73.